The quantitative estimate of drug-likeness (QED) is 0.590. The number of fused-ring (bicyclic) bond motifs is 5. The summed E-state index contributed by atoms with van der Waals surface area (Å²) in [4.78, 5) is 0. The van der Waals surface area contributed by atoms with Gasteiger partial charge in [-0.1, -0.05) is 40.2 Å². The van der Waals surface area contributed by atoms with Crippen LogP contribution in [0.3, 0.4) is 0 Å². The van der Waals surface area contributed by atoms with E-state index in [0.717, 1.165) is 5.92 Å². The van der Waals surface area contributed by atoms with Crippen LogP contribution in [-0.4, -0.2) is 0 Å². The smallest absolute Gasteiger partial charge is 0.0514 e. The van der Waals surface area contributed by atoms with Crippen molar-refractivity contribution in [2.45, 2.75) is 29.5 Å². The van der Waals surface area contributed by atoms with Gasteiger partial charge in [0.2, 0.25) is 0 Å². The first-order valence-electron chi connectivity index (χ1n) is 4.58. The summed E-state index contributed by atoms with van der Waals surface area (Å²) in [7, 11) is 0. The molecule has 0 aliphatic heterocycles. The summed E-state index contributed by atoms with van der Waals surface area (Å²) < 4.78 is 0.355. The minimum Gasteiger partial charge on any atom is -0.0801 e. The van der Waals surface area contributed by atoms with Gasteiger partial charge in [-0.15, -0.1) is 0 Å². The predicted molar refractivity (Wildman–Crippen MR) is 53.6 cm³/mol. The van der Waals surface area contributed by atoms with E-state index in [1.54, 1.807) is 11.1 Å². The highest BCUT2D eigenvalue weighted by molar-refractivity contribution is 9.09. The van der Waals surface area contributed by atoms with Crippen LogP contribution in [0.25, 0.3) is 0 Å². The van der Waals surface area contributed by atoms with E-state index in [2.05, 4.69) is 40.2 Å². The second kappa shape index (κ2) is 2.14. The van der Waals surface area contributed by atoms with Gasteiger partial charge in [-0.25, -0.2) is 0 Å². The zero-order valence-corrected chi connectivity index (χ0v) is 8.47. The molecule has 2 aliphatic carbocycles. The van der Waals surface area contributed by atoms with E-state index in [1.807, 2.05) is 0 Å². The molecule has 1 fully saturated rings. The summed E-state index contributed by atoms with van der Waals surface area (Å²) in [5.41, 5.74) is 3.15. The maximum Gasteiger partial charge on any atom is 0.0514 e. The lowest BCUT2D eigenvalue weighted by Crippen LogP contribution is -2.10. The molecular weight excluding hydrogens is 212 g/mol. The fourth-order valence-electron chi connectivity index (χ4n) is 2.77. The molecule has 0 saturated heterocycles. The standard InChI is InChI=1S/C11H11Br/c12-11-6-5-8(7-11)9-3-1-2-4-10(9)11/h1-4,8H,5-7H2. The maximum atomic E-state index is 3.89. The largest absolute Gasteiger partial charge is 0.0801 e. The summed E-state index contributed by atoms with van der Waals surface area (Å²) in [5, 5.41) is 0. The molecule has 1 aromatic rings. The van der Waals surface area contributed by atoms with Gasteiger partial charge in [-0.05, 0) is 36.3 Å². The lowest BCUT2D eigenvalue weighted by atomic mass is 9.92. The molecular formula is C11H11Br. The molecule has 12 heavy (non-hydrogen) atoms. The van der Waals surface area contributed by atoms with Crippen LogP contribution >= 0.6 is 15.9 Å². The molecule has 0 N–H and O–H groups in total. The number of hydrogen-bond donors (Lipinski definition) is 0. The van der Waals surface area contributed by atoms with Gasteiger partial charge in [0.1, 0.15) is 0 Å². The lowest BCUT2D eigenvalue weighted by molar-refractivity contribution is 0.681. The van der Waals surface area contributed by atoms with Crippen LogP contribution < -0.4 is 0 Å². The Morgan fingerprint density at radius 2 is 2.17 bits per heavy atom. The highest BCUT2D eigenvalue weighted by Gasteiger charge is 2.46. The van der Waals surface area contributed by atoms with Crippen molar-refractivity contribution in [2.75, 3.05) is 0 Å². The Kier molecular flexibility index (Phi) is 1.27. The molecule has 0 aromatic heterocycles. The number of rotatable bonds is 0. The third-order valence-corrected chi connectivity index (χ3v) is 4.49. The maximum absolute atomic E-state index is 3.89. The number of halogens is 1. The second-order valence-corrected chi connectivity index (χ2v) is 5.51. The molecule has 0 amide bonds. The van der Waals surface area contributed by atoms with E-state index in [4.69, 9.17) is 0 Å². The van der Waals surface area contributed by atoms with Gasteiger partial charge in [0.25, 0.3) is 0 Å². The molecule has 2 unspecified atom stereocenters. The van der Waals surface area contributed by atoms with Crippen LogP contribution in [0.2, 0.25) is 0 Å². The topological polar surface area (TPSA) is 0 Å². The molecule has 2 aliphatic rings. The van der Waals surface area contributed by atoms with Gasteiger partial charge in [0.15, 0.2) is 0 Å². The molecule has 0 nitrogen and oxygen atoms in total. The van der Waals surface area contributed by atoms with E-state index >= 15 is 0 Å². The summed E-state index contributed by atoms with van der Waals surface area (Å²) in [6.45, 7) is 0. The Morgan fingerprint density at radius 1 is 1.33 bits per heavy atom. The lowest BCUT2D eigenvalue weighted by Gasteiger charge is -2.21. The third-order valence-electron chi connectivity index (χ3n) is 3.34. The van der Waals surface area contributed by atoms with Gasteiger partial charge in [-0.2, -0.15) is 0 Å². The fourth-order valence-corrected chi connectivity index (χ4v) is 3.75. The van der Waals surface area contributed by atoms with Crippen molar-refractivity contribution in [1.82, 2.24) is 0 Å². The molecule has 1 heteroatoms. The minimum atomic E-state index is 0.355. The van der Waals surface area contributed by atoms with Crippen LogP contribution in [0, 0.1) is 0 Å². The summed E-state index contributed by atoms with van der Waals surface area (Å²) >= 11 is 3.89. The van der Waals surface area contributed by atoms with Crippen molar-refractivity contribution in [3.8, 4) is 0 Å². The van der Waals surface area contributed by atoms with E-state index in [1.165, 1.54) is 19.3 Å². The van der Waals surface area contributed by atoms with Gasteiger partial charge in [0, 0.05) is 0 Å². The van der Waals surface area contributed by atoms with E-state index in [0.29, 0.717) is 4.32 Å². The van der Waals surface area contributed by atoms with E-state index < -0.39 is 0 Å². The SMILES string of the molecule is BrC12CCC(C1)c1ccccc12. The third kappa shape index (κ3) is 0.731. The fraction of sp³-hybridized carbons (Fsp3) is 0.455. The normalized spacial score (nSPS) is 36.9. The highest BCUT2D eigenvalue weighted by Crippen LogP contribution is 2.60. The minimum absolute atomic E-state index is 0.355. The molecule has 3 rings (SSSR count). The zero-order valence-electron chi connectivity index (χ0n) is 6.89. The molecule has 0 heterocycles. The van der Waals surface area contributed by atoms with Crippen molar-refractivity contribution in [2.24, 2.45) is 0 Å². The van der Waals surface area contributed by atoms with Gasteiger partial charge in [0.05, 0.1) is 4.32 Å². The Labute approximate surface area is 81.1 Å². The first-order chi connectivity index (χ1) is 5.80. The number of alkyl halides is 1. The molecule has 1 aromatic carbocycles. The molecule has 0 spiro atoms. The molecule has 0 radical (unpaired) electrons. The first-order valence-corrected chi connectivity index (χ1v) is 5.37. The van der Waals surface area contributed by atoms with Crippen molar-refractivity contribution < 1.29 is 0 Å². The number of hydrogen-bond acceptors (Lipinski definition) is 0. The predicted octanol–water partition coefficient (Wildman–Crippen LogP) is 3.56. The Balaban J connectivity index is 2.27. The van der Waals surface area contributed by atoms with Crippen LogP contribution in [0.1, 0.15) is 36.3 Å². The highest BCUT2D eigenvalue weighted by atomic mass is 79.9. The summed E-state index contributed by atoms with van der Waals surface area (Å²) in [5.74, 6) is 0.848. The Bertz CT molecular complexity index is 332. The van der Waals surface area contributed by atoms with Crippen LogP contribution in [-0.2, 0) is 4.32 Å². The van der Waals surface area contributed by atoms with Gasteiger partial charge >= 0.3 is 0 Å². The van der Waals surface area contributed by atoms with Crippen LogP contribution in [0.15, 0.2) is 24.3 Å². The van der Waals surface area contributed by atoms with Crippen molar-refractivity contribution in [3.63, 3.8) is 0 Å². The molecule has 1 saturated carbocycles. The summed E-state index contributed by atoms with van der Waals surface area (Å²) in [6, 6.07) is 8.89. The first kappa shape index (κ1) is 7.14. The van der Waals surface area contributed by atoms with E-state index in [9.17, 15) is 0 Å². The Hall–Kier alpha value is -0.300. The number of benzene rings is 1. The average Bonchev–Trinajstić information content (AvgIpc) is 2.60. The Morgan fingerprint density at radius 3 is 3.00 bits per heavy atom. The van der Waals surface area contributed by atoms with Crippen LogP contribution in [0.4, 0.5) is 0 Å². The zero-order chi connectivity index (χ0) is 8.18. The summed E-state index contributed by atoms with van der Waals surface area (Å²) in [6.07, 6.45) is 4.03. The van der Waals surface area contributed by atoms with Crippen molar-refractivity contribution in [3.05, 3.63) is 35.4 Å². The monoisotopic (exact) mass is 222 g/mol. The second-order valence-electron chi connectivity index (χ2n) is 3.99. The van der Waals surface area contributed by atoms with Gasteiger partial charge < -0.3 is 0 Å². The van der Waals surface area contributed by atoms with E-state index in [-0.39, 0.29) is 0 Å². The van der Waals surface area contributed by atoms with Crippen molar-refractivity contribution in [1.29, 1.82) is 0 Å². The average molecular weight is 223 g/mol. The van der Waals surface area contributed by atoms with Crippen molar-refractivity contribution >= 4 is 15.9 Å². The van der Waals surface area contributed by atoms with Gasteiger partial charge in [-0.3, -0.25) is 0 Å². The molecule has 2 bridgehead atoms. The van der Waals surface area contributed by atoms with Crippen LogP contribution in [0.5, 0.6) is 0 Å². The molecule has 62 valence electrons. The molecule has 2 atom stereocenters.